The van der Waals surface area contributed by atoms with Gasteiger partial charge in [0.15, 0.2) is 12.2 Å². The second-order valence-corrected chi connectivity index (χ2v) is 7.85. The molecule has 4 rings (SSSR count). The van der Waals surface area contributed by atoms with Gasteiger partial charge in [-0.05, 0) is 11.1 Å². The summed E-state index contributed by atoms with van der Waals surface area (Å²) in [5.41, 5.74) is 0.233. The Bertz CT molecular complexity index is 884. The van der Waals surface area contributed by atoms with E-state index in [1.54, 1.807) is 0 Å². The van der Waals surface area contributed by atoms with Gasteiger partial charge in [-0.1, -0.05) is 60.7 Å². The Morgan fingerprint density at radius 1 is 1.03 bits per heavy atom. The van der Waals surface area contributed by atoms with E-state index < -0.39 is 11.6 Å². The minimum Gasteiger partial charge on any atom is -0.469 e. The van der Waals surface area contributed by atoms with E-state index in [4.69, 9.17) is 4.74 Å². The molecule has 0 atom stereocenters. The average molecular weight is 408 g/mol. The maximum absolute atomic E-state index is 13.7. The highest BCUT2D eigenvalue weighted by Gasteiger charge is 2.54. The van der Waals surface area contributed by atoms with Crippen molar-refractivity contribution < 1.29 is 24.0 Å². The van der Waals surface area contributed by atoms with Crippen LogP contribution in [0.4, 0.5) is 4.79 Å². The van der Waals surface area contributed by atoms with Gasteiger partial charge >= 0.3 is 12.0 Å². The number of esters is 1. The zero-order chi connectivity index (χ0) is 21.1. The molecular weight excluding hydrogens is 382 g/mol. The number of hydrogen-bond acceptors (Lipinski definition) is 4. The molecule has 2 aliphatic rings. The number of carbonyl (C=O) groups excluding carboxylic acids is 3. The summed E-state index contributed by atoms with van der Waals surface area (Å²) >= 11 is 0. The third-order valence-electron chi connectivity index (χ3n) is 6.13. The van der Waals surface area contributed by atoms with E-state index >= 15 is 0 Å². The van der Waals surface area contributed by atoms with Crippen LogP contribution in [0.5, 0.6) is 0 Å². The standard InChI is InChI=1S/C23H25N3O4/c1-30-20(27)17-12-14-25(15-13-17)16-26-21(28)23(24-22(26)29,18-8-4-2-5-9-18)19-10-6-3-7-11-19/h2-11,17H,12-16H2,1H3,(H,24,29)/p+1. The average Bonchev–Trinajstić information content (AvgIpc) is 3.06. The lowest BCUT2D eigenvalue weighted by Crippen LogP contribution is -3.14. The number of amides is 3. The van der Waals surface area contributed by atoms with E-state index in [2.05, 4.69) is 5.32 Å². The Balaban J connectivity index is 1.58. The zero-order valence-electron chi connectivity index (χ0n) is 17.0. The molecule has 2 aliphatic heterocycles. The van der Waals surface area contributed by atoms with Crippen molar-refractivity contribution in [1.82, 2.24) is 10.2 Å². The van der Waals surface area contributed by atoms with Crippen molar-refractivity contribution in [2.45, 2.75) is 18.4 Å². The molecule has 0 spiro atoms. The van der Waals surface area contributed by atoms with E-state index in [0.29, 0.717) is 25.9 Å². The van der Waals surface area contributed by atoms with Crippen LogP contribution in [0.3, 0.4) is 0 Å². The largest absolute Gasteiger partial charge is 0.469 e. The summed E-state index contributed by atoms with van der Waals surface area (Å²) < 4.78 is 4.84. The number of rotatable bonds is 5. The van der Waals surface area contributed by atoms with Gasteiger partial charge in [-0.15, -0.1) is 0 Å². The number of methoxy groups -OCH3 is 1. The van der Waals surface area contributed by atoms with E-state index in [9.17, 15) is 14.4 Å². The summed E-state index contributed by atoms with van der Waals surface area (Å²) in [4.78, 5) is 40.8. The van der Waals surface area contributed by atoms with Crippen molar-refractivity contribution in [3.05, 3.63) is 71.8 Å². The number of ether oxygens (including phenoxy) is 1. The van der Waals surface area contributed by atoms with Gasteiger partial charge in [0.2, 0.25) is 0 Å². The van der Waals surface area contributed by atoms with Crippen molar-refractivity contribution in [2.24, 2.45) is 5.92 Å². The maximum Gasteiger partial charge on any atom is 0.330 e. The molecule has 2 heterocycles. The molecule has 7 nitrogen and oxygen atoms in total. The van der Waals surface area contributed by atoms with E-state index in [-0.39, 0.29) is 24.5 Å². The van der Waals surface area contributed by atoms with Crippen molar-refractivity contribution in [3.63, 3.8) is 0 Å². The first-order chi connectivity index (χ1) is 14.6. The zero-order valence-corrected chi connectivity index (χ0v) is 17.0. The fourth-order valence-electron chi connectivity index (χ4n) is 4.46. The van der Waals surface area contributed by atoms with Crippen LogP contribution in [0.1, 0.15) is 24.0 Å². The van der Waals surface area contributed by atoms with Crippen LogP contribution in [0.2, 0.25) is 0 Å². The van der Waals surface area contributed by atoms with Gasteiger partial charge in [-0.3, -0.25) is 9.59 Å². The summed E-state index contributed by atoms with van der Waals surface area (Å²) in [7, 11) is 1.40. The molecule has 2 fully saturated rings. The van der Waals surface area contributed by atoms with Gasteiger partial charge in [-0.2, -0.15) is 0 Å². The predicted octanol–water partition coefficient (Wildman–Crippen LogP) is 0.907. The normalized spacial score (nSPS) is 23.2. The van der Waals surface area contributed by atoms with E-state index in [1.165, 1.54) is 12.0 Å². The van der Waals surface area contributed by atoms with E-state index in [1.807, 2.05) is 60.7 Å². The monoisotopic (exact) mass is 408 g/mol. The Morgan fingerprint density at radius 3 is 2.07 bits per heavy atom. The van der Waals surface area contributed by atoms with Crippen LogP contribution in [0.15, 0.2) is 60.7 Å². The number of likely N-dealkylation sites (tertiary alicyclic amines) is 1. The number of piperidine rings is 1. The number of nitrogens with one attached hydrogen (secondary N) is 2. The fraction of sp³-hybridized carbons (Fsp3) is 0.348. The van der Waals surface area contributed by atoms with Gasteiger partial charge < -0.3 is 15.0 Å². The van der Waals surface area contributed by atoms with Crippen LogP contribution in [-0.4, -0.2) is 49.7 Å². The SMILES string of the molecule is COC(=O)C1CC[NH+](CN2C(=O)NC(c3ccccc3)(c3ccccc3)C2=O)CC1. The number of hydrogen-bond donors (Lipinski definition) is 2. The Labute approximate surface area is 175 Å². The van der Waals surface area contributed by atoms with Gasteiger partial charge in [0.25, 0.3) is 5.91 Å². The van der Waals surface area contributed by atoms with Crippen LogP contribution in [0, 0.1) is 5.92 Å². The summed E-state index contributed by atoms with van der Waals surface area (Å²) in [6.45, 7) is 1.70. The molecular formula is C23H26N3O4+. The molecule has 2 saturated heterocycles. The van der Waals surface area contributed by atoms with Crippen molar-refractivity contribution in [2.75, 3.05) is 26.9 Å². The van der Waals surface area contributed by atoms with Crippen molar-refractivity contribution >= 4 is 17.9 Å². The molecule has 2 aromatic rings. The van der Waals surface area contributed by atoms with Gasteiger partial charge in [0.1, 0.15) is 0 Å². The molecule has 0 bridgehead atoms. The van der Waals surface area contributed by atoms with Crippen LogP contribution >= 0.6 is 0 Å². The molecule has 0 radical (unpaired) electrons. The number of quaternary nitrogens is 1. The first-order valence-corrected chi connectivity index (χ1v) is 10.2. The summed E-state index contributed by atoms with van der Waals surface area (Å²) in [5, 5.41) is 2.98. The number of benzene rings is 2. The third-order valence-corrected chi connectivity index (χ3v) is 6.13. The molecule has 2 N–H and O–H groups in total. The van der Waals surface area contributed by atoms with Crippen LogP contribution in [-0.2, 0) is 19.9 Å². The quantitative estimate of drug-likeness (QED) is 0.569. The highest BCUT2D eigenvalue weighted by Crippen LogP contribution is 2.35. The molecule has 7 heteroatoms. The lowest BCUT2D eigenvalue weighted by Gasteiger charge is -2.31. The number of urea groups is 1. The molecule has 2 aromatic carbocycles. The van der Waals surface area contributed by atoms with Gasteiger partial charge in [-0.25, -0.2) is 9.69 Å². The number of nitrogens with zero attached hydrogens (tertiary/aromatic N) is 1. The summed E-state index contributed by atoms with van der Waals surface area (Å²) in [6.07, 6.45) is 1.38. The first-order valence-electron chi connectivity index (χ1n) is 10.2. The maximum atomic E-state index is 13.7. The Morgan fingerprint density at radius 2 is 1.57 bits per heavy atom. The number of imide groups is 1. The van der Waals surface area contributed by atoms with Crippen LogP contribution < -0.4 is 10.2 Å². The molecule has 3 amide bonds. The predicted molar refractivity (Wildman–Crippen MR) is 109 cm³/mol. The summed E-state index contributed by atoms with van der Waals surface area (Å²) in [6, 6.07) is 18.3. The third kappa shape index (κ3) is 3.45. The van der Waals surface area contributed by atoms with Crippen LogP contribution in [0.25, 0.3) is 0 Å². The second kappa shape index (κ2) is 8.28. The molecule has 156 valence electrons. The lowest BCUT2D eigenvalue weighted by atomic mass is 9.83. The van der Waals surface area contributed by atoms with Crippen molar-refractivity contribution in [1.29, 1.82) is 0 Å². The minimum absolute atomic E-state index is 0.102. The molecule has 0 aromatic heterocycles. The summed E-state index contributed by atoms with van der Waals surface area (Å²) in [5.74, 6) is -0.557. The van der Waals surface area contributed by atoms with E-state index in [0.717, 1.165) is 16.0 Å². The smallest absolute Gasteiger partial charge is 0.330 e. The lowest BCUT2D eigenvalue weighted by molar-refractivity contribution is -0.913. The highest BCUT2D eigenvalue weighted by atomic mass is 16.5. The van der Waals surface area contributed by atoms with Gasteiger partial charge in [0.05, 0.1) is 26.1 Å². The second-order valence-electron chi connectivity index (χ2n) is 7.85. The first kappa shape index (κ1) is 20.1. The highest BCUT2D eigenvalue weighted by molar-refractivity contribution is 6.09. The Hall–Kier alpha value is -3.19. The minimum atomic E-state index is -1.23. The molecule has 0 saturated carbocycles. The fourth-order valence-corrected chi connectivity index (χ4v) is 4.46. The molecule has 30 heavy (non-hydrogen) atoms. The topological polar surface area (TPSA) is 80.2 Å². The van der Waals surface area contributed by atoms with Gasteiger partial charge in [0, 0.05) is 12.8 Å². The van der Waals surface area contributed by atoms with Crippen molar-refractivity contribution in [3.8, 4) is 0 Å². The molecule has 0 unspecified atom stereocenters. The Kier molecular flexibility index (Phi) is 5.55. The molecule has 0 aliphatic carbocycles. The number of carbonyl (C=O) groups is 3.